The van der Waals surface area contributed by atoms with Crippen molar-refractivity contribution < 1.29 is 14.3 Å². The molecule has 19 heavy (non-hydrogen) atoms. The van der Waals surface area contributed by atoms with Gasteiger partial charge in [-0.1, -0.05) is 13.8 Å². The highest BCUT2D eigenvalue weighted by atomic mass is 32.1. The summed E-state index contributed by atoms with van der Waals surface area (Å²) in [6.45, 7) is 6.73. The van der Waals surface area contributed by atoms with E-state index in [0.717, 1.165) is 0 Å². The van der Waals surface area contributed by atoms with Gasteiger partial charge in [-0.15, -0.1) is 11.3 Å². The molecule has 0 saturated carbocycles. The normalized spacial score (nSPS) is 10.3. The standard InChI is InChI=1S/C12H19N3O3S/c1-4-13-10(16)5-9-7-19-11(14-9)15-12(17)18-6-8(2)3/h7-8H,4-6H2,1-3H3,(H,13,16)(H,14,15,17). The number of thiazole rings is 1. The van der Waals surface area contributed by atoms with Crippen LogP contribution in [0.25, 0.3) is 0 Å². The maximum atomic E-state index is 11.4. The lowest BCUT2D eigenvalue weighted by molar-refractivity contribution is -0.120. The van der Waals surface area contributed by atoms with E-state index in [9.17, 15) is 9.59 Å². The Hall–Kier alpha value is -1.63. The van der Waals surface area contributed by atoms with Crippen molar-refractivity contribution in [3.63, 3.8) is 0 Å². The Morgan fingerprint density at radius 1 is 1.47 bits per heavy atom. The molecule has 1 aromatic heterocycles. The Bertz CT molecular complexity index is 432. The summed E-state index contributed by atoms with van der Waals surface area (Å²) < 4.78 is 4.97. The van der Waals surface area contributed by atoms with Crippen molar-refractivity contribution in [3.05, 3.63) is 11.1 Å². The molecule has 0 aliphatic heterocycles. The van der Waals surface area contributed by atoms with Crippen molar-refractivity contribution in [2.45, 2.75) is 27.2 Å². The molecule has 0 saturated heterocycles. The van der Waals surface area contributed by atoms with Crippen LogP contribution in [0.4, 0.5) is 9.93 Å². The van der Waals surface area contributed by atoms with Crippen LogP contribution in [0.15, 0.2) is 5.38 Å². The van der Waals surface area contributed by atoms with E-state index in [0.29, 0.717) is 24.0 Å². The quantitative estimate of drug-likeness (QED) is 0.838. The summed E-state index contributed by atoms with van der Waals surface area (Å²) in [5.74, 6) is 0.206. The first-order chi connectivity index (χ1) is 9.01. The second kappa shape index (κ2) is 7.73. The van der Waals surface area contributed by atoms with Crippen LogP contribution in [-0.4, -0.2) is 30.1 Å². The van der Waals surface area contributed by atoms with E-state index in [1.54, 1.807) is 5.38 Å². The van der Waals surface area contributed by atoms with Gasteiger partial charge in [0.05, 0.1) is 18.7 Å². The largest absolute Gasteiger partial charge is 0.449 e. The monoisotopic (exact) mass is 285 g/mol. The van der Waals surface area contributed by atoms with Crippen molar-refractivity contribution in [1.82, 2.24) is 10.3 Å². The molecule has 0 spiro atoms. The number of nitrogens with zero attached hydrogens (tertiary/aromatic N) is 1. The van der Waals surface area contributed by atoms with Gasteiger partial charge in [-0.25, -0.2) is 9.78 Å². The highest BCUT2D eigenvalue weighted by Crippen LogP contribution is 2.16. The molecule has 0 aromatic carbocycles. The number of rotatable bonds is 6. The maximum absolute atomic E-state index is 11.4. The van der Waals surface area contributed by atoms with Crippen LogP contribution in [-0.2, 0) is 16.0 Å². The average molecular weight is 285 g/mol. The first-order valence-electron chi connectivity index (χ1n) is 6.16. The van der Waals surface area contributed by atoms with Gasteiger partial charge >= 0.3 is 6.09 Å². The molecule has 0 bridgehead atoms. The zero-order valence-electron chi connectivity index (χ0n) is 11.4. The Morgan fingerprint density at radius 2 is 2.21 bits per heavy atom. The topological polar surface area (TPSA) is 80.3 Å². The highest BCUT2D eigenvalue weighted by molar-refractivity contribution is 7.13. The van der Waals surface area contributed by atoms with Crippen LogP contribution >= 0.6 is 11.3 Å². The van der Waals surface area contributed by atoms with Gasteiger partial charge in [-0.05, 0) is 12.8 Å². The van der Waals surface area contributed by atoms with E-state index in [4.69, 9.17) is 4.74 Å². The molecular weight excluding hydrogens is 266 g/mol. The molecule has 2 N–H and O–H groups in total. The van der Waals surface area contributed by atoms with Crippen LogP contribution in [0.1, 0.15) is 26.5 Å². The van der Waals surface area contributed by atoms with Crippen LogP contribution in [0.5, 0.6) is 0 Å². The van der Waals surface area contributed by atoms with Gasteiger partial charge in [0.1, 0.15) is 0 Å². The molecule has 0 atom stereocenters. The minimum atomic E-state index is -0.521. The number of anilines is 1. The van der Waals surface area contributed by atoms with Gasteiger partial charge in [-0.2, -0.15) is 0 Å². The molecule has 0 unspecified atom stereocenters. The third kappa shape index (κ3) is 6.19. The number of likely N-dealkylation sites (N-methyl/N-ethyl adjacent to an activating group) is 1. The predicted octanol–water partition coefficient (Wildman–Crippen LogP) is 2.03. The first kappa shape index (κ1) is 15.4. The fraction of sp³-hybridized carbons (Fsp3) is 0.583. The summed E-state index contributed by atoms with van der Waals surface area (Å²) in [6, 6.07) is 0. The molecule has 0 aliphatic carbocycles. The van der Waals surface area contributed by atoms with Crippen LogP contribution < -0.4 is 10.6 Å². The molecule has 106 valence electrons. The third-order valence-electron chi connectivity index (χ3n) is 2.02. The summed E-state index contributed by atoms with van der Waals surface area (Å²) in [4.78, 5) is 26.9. The second-order valence-corrected chi connectivity index (χ2v) is 5.25. The fourth-order valence-corrected chi connectivity index (χ4v) is 1.93. The number of aromatic nitrogens is 1. The zero-order chi connectivity index (χ0) is 14.3. The van der Waals surface area contributed by atoms with E-state index in [2.05, 4.69) is 15.6 Å². The average Bonchev–Trinajstić information content (AvgIpc) is 2.74. The Kier molecular flexibility index (Phi) is 6.27. The SMILES string of the molecule is CCNC(=O)Cc1csc(NC(=O)OCC(C)C)n1. The van der Waals surface area contributed by atoms with E-state index in [-0.39, 0.29) is 18.2 Å². The number of carbonyl (C=O) groups excluding carboxylic acids is 2. The highest BCUT2D eigenvalue weighted by Gasteiger charge is 2.10. The van der Waals surface area contributed by atoms with Crippen molar-refractivity contribution in [2.75, 3.05) is 18.5 Å². The second-order valence-electron chi connectivity index (χ2n) is 4.39. The van der Waals surface area contributed by atoms with E-state index in [1.807, 2.05) is 20.8 Å². The molecule has 1 aromatic rings. The van der Waals surface area contributed by atoms with Crippen LogP contribution in [0, 0.1) is 5.92 Å². The number of ether oxygens (including phenoxy) is 1. The molecule has 7 heteroatoms. The van der Waals surface area contributed by atoms with E-state index in [1.165, 1.54) is 11.3 Å². The lowest BCUT2D eigenvalue weighted by atomic mass is 10.2. The van der Waals surface area contributed by atoms with Crippen LogP contribution in [0.3, 0.4) is 0 Å². The Morgan fingerprint density at radius 3 is 2.84 bits per heavy atom. The minimum absolute atomic E-state index is 0.0817. The number of carbonyl (C=O) groups is 2. The maximum Gasteiger partial charge on any atom is 0.413 e. The lowest BCUT2D eigenvalue weighted by Crippen LogP contribution is -2.24. The predicted molar refractivity (Wildman–Crippen MR) is 74.3 cm³/mol. The van der Waals surface area contributed by atoms with Gasteiger partial charge in [0.15, 0.2) is 5.13 Å². The fourth-order valence-electron chi connectivity index (χ4n) is 1.24. The molecule has 1 rings (SSSR count). The molecule has 2 amide bonds. The van der Waals surface area contributed by atoms with Gasteiger partial charge in [0.2, 0.25) is 5.91 Å². The Balaban J connectivity index is 2.42. The van der Waals surface area contributed by atoms with Crippen molar-refractivity contribution in [1.29, 1.82) is 0 Å². The first-order valence-corrected chi connectivity index (χ1v) is 7.04. The number of hydrogen-bond acceptors (Lipinski definition) is 5. The van der Waals surface area contributed by atoms with Gasteiger partial charge in [0.25, 0.3) is 0 Å². The third-order valence-corrected chi connectivity index (χ3v) is 2.83. The van der Waals surface area contributed by atoms with Gasteiger partial charge in [0, 0.05) is 11.9 Å². The molecular formula is C12H19N3O3S. The smallest absolute Gasteiger partial charge is 0.413 e. The van der Waals surface area contributed by atoms with E-state index >= 15 is 0 Å². The van der Waals surface area contributed by atoms with Crippen LogP contribution in [0.2, 0.25) is 0 Å². The number of hydrogen-bond donors (Lipinski definition) is 2. The molecule has 1 heterocycles. The molecule has 0 radical (unpaired) electrons. The van der Waals surface area contributed by atoms with E-state index < -0.39 is 6.09 Å². The molecule has 0 fully saturated rings. The lowest BCUT2D eigenvalue weighted by Gasteiger charge is -2.06. The molecule has 0 aliphatic rings. The zero-order valence-corrected chi connectivity index (χ0v) is 12.2. The summed E-state index contributed by atoms with van der Waals surface area (Å²) in [6.07, 6.45) is -0.305. The van der Waals surface area contributed by atoms with Crippen molar-refractivity contribution in [2.24, 2.45) is 5.92 Å². The summed E-state index contributed by atoms with van der Waals surface area (Å²) in [5.41, 5.74) is 0.634. The number of nitrogens with one attached hydrogen (secondary N) is 2. The minimum Gasteiger partial charge on any atom is -0.449 e. The summed E-state index contributed by atoms with van der Waals surface area (Å²) >= 11 is 1.27. The number of amides is 2. The summed E-state index contributed by atoms with van der Waals surface area (Å²) in [5, 5.41) is 7.41. The van der Waals surface area contributed by atoms with Gasteiger partial charge in [-0.3, -0.25) is 10.1 Å². The van der Waals surface area contributed by atoms with Crippen molar-refractivity contribution in [3.8, 4) is 0 Å². The van der Waals surface area contributed by atoms with Crippen molar-refractivity contribution >= 4 is 28.5 Å². The Labute approximate surface area is 116 Å². The molecule has 6 nitrogen and oxygen atoms in total. The van der Waals surface area contributed by atoms with Gasteiger partial charge < -0.3 is 10.1 Å². The summed E-state index contributed by atoms with van der Waals surface area (Å²) in [7, 11) is 0.